The van der Waals surface area contributed by atoms with Crippen molar-refractivity contribution in [1.82, 2.24) is 0 Å². The van der Waals surface area contributed by atoms with Gasteiger partial charge in [-0.2, -0.15) is 0 Å². The molecular weight excluding hydrogens is 238 g/mol. The zero-order chi connectivity index (χ0) is 12.5. The highest BCUT2D eigenvalue weighted by molar-refractivity contribution is 7.99. The first-order chi connectivity index (χ1) is 8.78. The summed E-state index contributed by atoms with van der Waals surface area (Å²) >= 11 is 1.73. The Morgan fingerprint density at radius 3 is 2.72 bits per heavy atom. The third-order valence-electron chi connectivity index (χ3n) is 2.89. The molecule has 0 bridgehead atoms. The molecule has 18 heavy (non-hydrogen) atoms. The molecule has 2 aromatic carbocycles. The van der Waals surface area contributed by atoms with Crippen LogP contribution in [0.1, 0.15) is 11.1 Å². The standard InChI is InChI=1S/C16H11NS/c1-2-11-9-12-5-3-4-6-15(12)18-16-8-7-13(17)10-14(11)16/h1,3-10H,17H2. The van der Waals surface area contributed by atoms with Crippen molar-refractivity contribution in [2.75, 3.05) is 5.73 Å². The van der Waals surface area contributed by atoms with Crippen LogP contribution < -0.4 is 5.73 Å². The molecule has 2 heteroatoms. The second kappa shape index (κ2) is 4.29. The van der Waals surface area contributed by atoms with Gasteiger partial charge in [-0.1, -0.05) is 35.9 Å². The number of nitrogen functional groups attached to an aromatic ring is 1. The van der Waals surface area contributed by atoms with Crippen LogP contribution in [0.4, 0.5) is 5.69 Å². The molecule has 0 atom stereocenters. The summed E-state index contributed by atoms with van der Waals surface area (Å²) in [6, 6.07) is 14.1. The maximum Gasteiger partial charge on any atom is 0.0333 e. The summed E-state index contributed by atoms with van der Waals surface area (Å²) in [6.07, 6.45) is 7.68. The lowest BCUT2D eigenvalue weighted by molar-refractivity contribution is 1.38. The number of allylic oxidation sites excluding steroid dienone is 1. The molecule has 0 spiro atoms. The second-order valence-electron chi connectivity index (χ2n) is 4.10. The normalized spacial score (nSPS) is 12.7. The zero-order valence-corrected chi connectivity index (χ0v) is 10.5. The molecule has 86 valence electrons. The van der Waals surface area contributed by atoms with E-state index >= 15 is 0 Å². The Bertz CT molecular complexity index is 692. The Labute approximate surface area is 111 Å². The van der Waals surface area contributed by atoms with Crippen LogP contribution in [0.2, 0.25) is 0 Å². The summed E-state index contributed by atoms with van der Waals surface area (Å²) in [5, 5.41) is 0. The van der Waals surface area contributed by atoms with Gasteiger partial charge in [0.15, 0.2) is 0 Å². The molecule has 0 aliphatic carbocycles. The van der Waals surface area contributed by atoms with Crippen molar-refractivity contribution in [1.29, 1.82) is 0 Å². The predicted octanol–water partition coefficient (Wildman–Crippen LogP) is 3.91. The van der Waals surface area contributed by atoms with Gasteiger partial charge in [-0.3, -0.25) is 0 Å². The number of nitrogens with two attached hydrogens (primary N) is 1. The smallest absolute Gasteiger partial charge is 0.0333 e. The molecule has 2 N–H and O–H groups in total. The van der Waals surface area contributed by atoms with E-state index in [4.69, 9.17) is 12.2 Å². The van der Waals surface area contributed by atoms with Crippen molar-refractivity contribution in [3.8, 4) is 12.3 Å². The van der Waals surface area contributed by atoms with Crippen LogP contribution in [0.3, 0.4) is 0 Å². The van der Waals surface area contributed by atoms with Gasteiger partial charge in [0.2, 0.25) is 0 Å². The van der Waals surface area contributed by atoms with E-state index in [9.17, 15) is 0 Å². The van der Waals surface area contributed by atoms with E-state index in [2.05, 4.69) is 18.1 Å². The van der Waals surface area contributed by atoms with E-state index in [1.54, 1.807) is 11.8 Å². The number of terminal acetylenes is 1. The van der Waals surface area contributed by atoms with E-state index in [1.165, 1.54) is 4.90 Å². The lowest BCUT2D eigenvalue weighted by Gasteiger charge is -2.07. The van der Waals surface area contributed by atoms with Crippen LogP contribution in [0, 0.1) is 12.3 Å². The number of benzene rings is 2. The third kappa shape index (κ3) is 1.79. The maximum absolute atomic E-state index is 5.85. The van der Waals surface area contributed by atoms with Crippen LogP contribution in [0.25, 0.3) is 11.6 Å². The third-order valence-corrected chi connectivity index (χ3v) is 4.06. The first-order valence-electron chi connectivity index (χ1n) is 5.63. The fourth-order valence-electron chi connectivity index (χ4n) is 2.01. The molecular formula is C16H11NS. The molecule has 0 aromatic heterocycles. The molecule has 3 rings (SSSR count). The Morgan fingerprint density at radius 1 is 1.06 bits per heavy atom. The van der Waals surface area contributed by atoms with Crippen molar-refractivity contribution in [2.24, 2.45) is 0 Å². The summed E-state index contributed by atoms with van der Waals surface area (Å²) in [6.45, 7) is 0. The summed E-state index contributed by atoms with van der Waals surface area (Å²) in [7, 11) is 0. The Morgan fingerprint density at radius 2 is 1.89 bits per heavy atom. The van der Waals surface area contributed by atoms with Gasteiger partial charge >= 0.3 is 0 Å². The van der Waals surface area contributed by atoms with Crippen molar-refractivity contribution in [2.45, 2.75) is 9.79 Å². The number of rotatable bonds is 0. The lowest BCUT2D eigenvalue weighted by atomic mass is 10.0. The molecule has 0 amide bonds. The van der Waals surface area contributed by atoms with Gasteiger partial charge in [0.05, 0.1) is 0 Å². The second-order valence-corrected chi connectivity index (χ2v) is 5.18. The molecule has 1 aliphatic heterocycles. The van der Waals surface area contributed by atoms with Gasteiger partial charge in [0.1, 0.15) is 0 Å². The molecule has 1 aliphatic rings. The first-order valence-corrected chi connectivity index (χ1v) is 6.44. The largest absolute Gasteiger partial charge is 0.399 e. The number of fused-ring (bicyclic) bond motifs is 2. The highest BCUT2D eigenvalue weighted by Gasteiger charge is 2.14. The number of hydrogen-bond acceptors (Lipinski definition) is 2. The minimum Gasteiger partial charge on any atom is -0.399 e. The van der Waals surface area contributed by atoms with E-state index in [-0.39, 0.29) is 0 Å². The number of anilines is 1. The minimum absolute atomic E-state index is 0.737. The maximum atomic E-state index is 5.85. The van der Waals surface area contributed by atoms with Crippen LogP contribution >= 0.6 is 11.8 Å². The highest BCUT2D eigenvalue weighted by atomic mass is 32.2. The van der Waals surface area contributed by atoms with E-state index in [0.717, 1.165) is 27.3 Å². The van der Waals surface area contributed by atoms with Crippen molar-refractivity contribution in [3.63, 3.8) is 0 Å². The average Bonchev–Trinajstić information content (AvgIpc) is 2.54. The van der Waals surface area contributed by atoms with Crippen molar-refractivity contribution in [3.05, 3.63) is 53.6 Å². The summed E-state index contributed by atoms with van der Waals surface area (Å²) < 4.78 is 0. The summed E-state index contributed by atoms with van der Waals surface area (Å²) in [5.74, 6) is 2.76. The minimum atomic E-state index is 0.737. The first kappa shape index (κ1) is 11.0. The van der Waals surface area contributed by atoms with Gasteiger partial charge in [0.25, 0.3) is 0 Å². The van der Waals surface area contributed by atoms with Crippen LogP contribution in [0.5, 0.6) is 0 Å². The fourth-order valence-corrected chi connectivity index (χ4v) is 3.05. The quantitative estimate of drug-likeness (QED) is 0.566. The molecule has 0 radical (unpaired) electrons. The molecule has 0 unspecified atom stereocenters. The topological polar surface area (TPSA) is 26.0 Å². The molecule has 0 saturated carbocycles. The molecule has 1 heterocycles. The predicted molar refractivity (Wildman–Crippen MR) is 78.1 cm³/mol. The monoisotopic (exact) mass is 249 g/mol. The van der Waals surface area contributed by atoms with E-state index in [1.807, 2.05) is 36.4 Å². The van der Waals surface area contributed by atoms with Gasteiger partial charge in [-0.25, -0.2) is 0 Å². The Kier molecular flexibility index (Phi) is 2.62. The van der Waals surface area contributed by atoms with Gasteiger partial charge in [-0.15, -0.1) is 6.42 Å². The zero-order valence-electron chi connectivity index (χ0n) is 9.68. The summed E-state index contributed by atoms with van der Waals surface area (Å²) in [4.78, 5) is 2.37. The molecule has 0 fully saturated rings. The van der Waals surface area contributed by atoms with Gasteiger partial charge < -0.3 is 5.73 Å². The Hall–Kier alpha value is -2.11. The Balaban J connectivity index is 2.29. The van der Waals surface area contributed by atoms with Crippen molar-refractivity contribution < 1.29 is 0 Å². The fraction of sp³-hybridized carbons (Fsp3) is 0. The molecule has 1 nitrogen and oxygen atoms in total. The lowest BCUT2D eigenvalue weighted by Crippen LogP contribution is -1.89. The van der Waals surface area contributed by atoms with Gasteiger partial charge in [0, 0.05) is 26.6 Å². The SMILES string of the molecule is C#CC1=Cc2ccccc2Sc2ccc(N)cc21. The van der Waals surface area contributed by atoms with E-state index < -0.39 is 0 Å². The van der Waals surface area contributed by atoms with Gasteiger partial charge in [-0.05, 0) is 35.9 Å². The van der Waals surface area contributed by atoms with Crippen LogP contribution in [-0.2, 0) is 0 Å². The highest BCUT2D eigenvalue weighted by Crippen LogP contribution is 2.40. The molecule has 2 aromatic rings. The van der Waals surface area contributed by atoms with E-state index in [0.29, 0.717) is 0 Å². The average molecular weight is 249 g/mol. The summed E-state index contributed by atoms with van der Waals surface area (Å²) in [5.41, 5.74) is 9.67. The number of hydrogen-bond donors (Lipinski definition) is 1. The van der Waals surface area contributed by atoms with Crippen LogP contribution in [-0.4, -0.2) is 0 Å². The molecule has 0 saturated heterocycles. The van der Waals surface area contributed by atoms with Crippen LogP contribution in [0.15, 0.2) is 52.3 Å². The van der Waals surface area contributed by atoms with Crippen molar-refractivity contribution >= 4 is 29.1 Å².